The van der Waals surface area contributed by atoms with Crippen LogP contribution in [0, 0.1) is 6.92 Å². The van der Waals surface area contributed by atoms with Gasteiger partial charge in [0.1, 0.15) is 5.75 Å². The Morgan fingerprint density at radius 2 is 2.28 bits per heavy atom. The van der Waals surface area contributed by atoms with E-state index < -0.39 is 0 Å². The molecule has 0 saturated heterocycles. The van der Waals surface area contributed by atoms with Crippen molar-refractivity contribution in [1.82, 2.24) is 4.98 Å². The second kappa shape index (κ2) is 6.18. The van der Waals surface area contributed by atoms with Crippen molar-refractivity contribution in [2.24, 2.45) is 5.73 Å². The van der Waals surface area contributed by atoms with Crippen LogP contribution in [0.1, 0.15) is 16.1 Å². The molecule has 0 aliphatic carbocycles. The molecule has 0 bridgehead atoms. The molecule has 0 spiro atoms. The Balaban J connectivity index is 1.98. The number of hydrogen-bond donors (Lipinski definition) is 1. The number of nitrogens with zero attached hydrogens (tertiary/aromatic N) is 1. The lowest BCUT2D eigenvalue weighted by molar-refractivity contribution is 0.319. The lowest BCUT2D eigenvalue weighted by atomic mass is 10.2. The molecule has 0 aliphatic rings. The first kappa shape index (κ1) is 13.3. The molecule has 2 N–H and O–H groups in total. The van der Waals surface area contributed by atoms with E-state index in [4.69, 9.17) is 22.1 Å². The minimum Gasteiger partial charge on any atom is -0.493 e. The highest BCUT2D eigenvalue weighted by Crippen LogP contribution is 2.23. The zero-order chi connectivity index (χ0) is 13.0. The standard InChI is InChI=1S/C13H15ClN2OS/c1-9-13(18-8-16-9)4-5-17-12-6-11(14)3-2-10(12)7-15/h2-3,6,8H,4-5,7,15H2,1H3. The van der Waals surface area contributed by atoms with Gasteiger partial charge in [0.2, 0.25) is 0 Å². The van der Waals surface area contributed by atoms with Crippen LogP contribution in [0.4, 0.5) is 0 Å². The Kier molecular flexibility index (Phi) is 4.58. The van der Waals surface area contributed by atoms with Gasteiger partial charge in [0.25, 0.3) is 0 Å². The summed E-state index contributed by atoms with van der Waals surface area (Å²) in [6.45, 7) is 3.07. The number of hydrogen-bond acceptors (Lipinski definition) is 4. The molecule has 0 aliphatic heterocycles. The second-order valence-corrected chi connectivity index (χ2v) is 5.29. The molecule has 0 fully saturated rings. The SMILES string of the molecule is Cc1ncsc1CCOc1cc(Cl)ccc1CN. The van der Waals surface area contributed by atoms with Crippen molar-refractivity contribution in [3.63, 3.8) is 0 Å². The minimum absolute atomic E-state index is 0.450. The molecule has 2 rings (SSSR count). The summed E-state index contributed by atoms with van der Waals surface area (Å²) in [5.74, 6) is 0.771. The Morgan fingerprint density at radius 1 is 1.44 bits per heavy atom. The fraction of sp³-hybridized carbons (Fsp3) is 0.308. The summed E-state index contributed by atoms with van der Waals surface area (Å²) in [6.07, 6.45) is 0.854. The van der Waals surface area contributed by atoms with E-state index in [1.165, 1.54) is 4.88 Å². The maximum Gasteiger partial charge on any atom is 0.125 e. The van der Waals surface area contributed by atoms with E-state index >= 15 is 0 Å². The Morgan fingerprint density at radius 3 is 2.94 bits per heavy atom. The third-order valence-corrected chi connectivity index (χ3v) is 3.91. The average Bonchev–Trinajstić information content (AvgIpc) is 2.76. The van der Waals surface area contributed by atoms with Gasteiger partial charge in [0.15, 0.2) is 0 Å². The van der Waals surface area contributed by atoms with Crippen molar-refractivity contribution in [2.75, 3.05) is 6.61 Å². The first-order chi connectivity index (χ1) is 8.70. The predicted molar refractivity (Wildman–Crippen MR) is 75.4 cm³/mol. The average molecular weight is 283 g/mol. The quantitative estimate of drug-likeness (QED) is 0.916. The molecule has 3 nitrogen and oxygen atoms in total. The van der Waals surface area contributed by atoms with E-state index in [2.05, 4.69) is 4.98 Å². The molecule has 0 radical (unpaired) electrons. The molecule has 1 aromatic carbocycles. The van der Waals surface area contributed by atoms with E-state index in [9.17, 15) is 0 Å². The maximum atomic E-state index is 5.95. The fourth-order valence-corrected chi connectivity index (χ4v) is 2.58. The van der Waals surface area contributed by atoms with Crippen molar-refractivity contribution in [3.05, 3.63) is 44.9 Å². The molecule has 18 heavy (non-hydrogen) atoms. The summed E-state index contributed by atoms with van der Waals surface area (Å²) < 4.78 is 5.75. The van der Waals surface area contributed by atoms with Gasteiger partial charge in [-0.15, -0.1) is 11.3 Å². The van der Waals surface area contributed by atoms with Crippen LogP contribution in [-0.4, -0.2) is 11.6 Å². The number of halogens is 1. The normalized spacial score (nSPS) is 10.6. The van der Waals surface area contributed by atoms with Gasteiger partial charge in [-0.2, -0.15) is 0 Å². The maximum absolute atomic E-state index is 5.95. The van der Waals surface area contributed by atoms with E-state index in [1.54, 1.807) is 11.3 Å². The van der Waals surface area contributed by atoms with Crippen LogP contribution in [0.2, 0.25) is 5.02 Å². The first-order valence-corrected chi connectivity index (χ1v) is 6.96. The fourth-order valence-electron chi connectivity index (χ4n) is 1.65. The van der Waals surface area contributed by atoms with E-state index in [-0.39, 0.29) is 0 Å². The van der Waals surface area contributed by atoms with Crippen LogP contribution in [0.5, 0.6) is 5.75 Å². The van der Waals surface area contributed by atoms with Gasteiger partial charge in [-0.05, 0) is 19.1 Å². The summed E-state index contributed by atoms with van der Waals surface area (Å²) in [4.78, 5) is 5.47. The number of thiazole rings is 1. The lowest BCUT2D eigenvalue weighted by Gasteiger charge is -2.10. The summed E-state index contributed by atoms with van der Waals surface area (Å²) in [6, 6.07) is 5.53. The largest absolute Gasteiger partial charge is 0.493 e. The van der Waals surface area contributed by atoms with Gasteiger partial charge < -0.3 is 10.5 Å². The van der Waals surface area contributed by atoms with Gasteiger partial charge in [-0.1, -0.05) is 17.7 Å². The minimum atomic E-state index is 0.450. The topological polar surface area (TPSA) is 48.1 Å². The molecule has 0 amide bonds. The van der Waals surface area contributed by atoms with E-state index in [1.807, 2.05) is 30.6 Å². The highest BCUT2D eigenvalue weighted by atomic mass is 35.5. The lowest BCUT2D eigenvalue weighted by Crippen LogP contribution is -2.05. The zero-order valence-electron chi connectivity index (χ0n) is 10.1. The van der Waals surface area contributed by atoms with Crippen molar-refractivity contribution < 1.29 is 4.74 Å². The Labute approximate surface area is 116 Å². The summed E-state index contributed by atoms with van der Waals surface area (Å²) in [5, 5.41) is 0.663. The molecule has 1 aromatic heterocycles. The van der Waals surface area contributed by atoms with Crippen LogP contribution in [0.25, 0.3) is 0 Å². The highest BCUT2D eigenvalue weighted by molar-refractivity contribution is 7.09. The number of rotatable bonds is 5. The molecule has 96 valence electrons. The van der Waals surface area contributed by atoms with Crippen molar-refractivity contribution in [3.8, 4) is 5.75 Å². The van der Waals surface area contributed by atoms with Gasteiger partial charge in [0.05, 0.1) is 17.8 Å². The van der Waals surface area contributed by atoms with Crippen LogP contribution < -0.4 is 10.5 Å². The third kappa shape index (κ3) is 3.22. The van der Waals surface area contributed by atoms with Gasteiger partial charge in [-0.3, -0.25) is 0 Å². The first-order valence-electron chi connectivity index (χ1n) is 5.71. The van der Waals surface area contributed by atoms with Crippen LogP contribution in [-0.2, 0) is 13.0 Å². The molecular formula is C13H15ClN2OS. The van der Waals surface area contributed by atoms with Crippen molar-refractivity contribution in [2.45, 2.75) is 19.9 Å². The molecule has 0 saturated carbocycles. The van der Waals surface area contributed by atoms with E-state index in [0.717, 1.165) is 23.4 Å². The number of nitrogens with two attached hydrogens (primary N) is 1. The number of benzene rings is 1. The molecule has 5 heteroatoms. The molecular weight excluding hydrogens is 268 g/mol. The number of aryl methyl sites for hydroxylation is 1. The highest BCUT2D eigenvalue weighted by Gasteiger charge is 2.05. The monoisotopic (exact) mass is 282 g/mol. The van der Waals surface area contributed by atoms with Gasteiger partial charge in [0, 0.05) is 28.4 Å². The molecule has 2 aromatic rings. The Bertz CT molecular complexity index is 527. The Hall–Kier alpha value is -1.10. The third-order valence-electron chi connectivity index (χ3n) is 2.68. The number of aromatic nitrogens is 1. The molecule has 0 unspecified atom stereocenters. The van der Waals surface area contributed by atoms with Crippen LogP contribution in [0.3, 0.4) is 0 Å². The second-order valence-electron chi connectivity index (χ2n) is 3.92. The van der Waals surface area contributed by atoms with Crippen LogP contribution >= 0.6 is 22.9 Å². The summed E-state index contributed by atoms with van der Waals surface area (Å²) in [5.41, 5.74) is 9.57. The number of ether oxygens (including phenoxy) is 1. The molecule has 1 heterocycles. The van der Waals surface area contributed by atoms with E-state index in [0.29, 0.717) is 18.2 Å². The van der Waals surface area contributed by atoms with Crippen molar-refractivity contribution >= 4 is 22.9 Å². The summed E-state index contributed by atoms with van der Waals surface area (Å²) in [7, 11) is 0. The van der Waals surface area contributed by atoms with Gasteiger partial charge in [-0.25, -0.2) is 4.98 Å². The zero-order valence-corrected chi connectivity index (χ0v) is 11.7. The van der Waals surface area contributed by atoms with Crippen LogP contribution in [0.15, 0.2) is 23.7 Å². The summed E-state index contributed by atoms with van der Waals surface area (Å²) >= 11 is 7.60. The van der Waals surface area contributed by atoms with Crippen molar-refractivity contribution in [1.29, 1.82) is 0 Å². The predicted octanol–water partition coefficient (Wildman–Crippen LogP) is 3.19. The molecule has 0 atom stereocenters. The van der Waals surface area contributed by atoms with Gasteiger partial charge >= 0.3 is 0 Å². The smallest absolute Gasteiger partial charge is 0.125 e.